The first-order valence-corrected chi connectivity index (χ1v) is 10.3. The average molecular weight is 443 g/mol. The summed E-state index contributed by atoms with van der Waals surface area (Å²) in [6.07, 6.45) is 0. The number of halogens is 2. The average Bonchev–Trinajstić information content (AvgIpc) is 2.75. The Balaban J connectivity index is 1.63. The van der Waals surface area contributed by atoms with Gasteiger partial charge in [-0.3, -0.25) is 4.79 Å². The van der Waals surface area contributed by atoms with Gasteiger partial charge in [0.05, 0.1) is 12.3 Å². The van der Waals surface area contributed by atoms with E-state index < -0.39 is 11.7 Å². The van der Waals surface area contributed by atoms with E-state index in [0.717, 1.165) is 16.8 Å². The molecule has 0 saturated heterocycles. The Morgan fingerprint density at radius 3 is 2.58 bits per heavy atom. The number of hydrogen-bond acceptors (Lipinski definition) is 4. The van der Waals surface area contributed by atoms with Gasteiger partial charge in [-0.2, -0.15) is 0 Å². The van der Waals surface area contributed by atoms with Crippen LogP contribution in [0.4, 0.5) is 15.8 Å². The number of carbonyl (C=O) groups is 1. The summed E-state index contributed by atoms with van der Waals surface area (Å²) in [5.41, 5.74) is 3.13. The minimum absolute atomic E-state index is 0.110. The molecule has 0 unspecified atom stereocenters. The standard InChI is InChI=1S/C24H24ClFN2O3/c1-3-30-23-12-17(14-27-21-13-18(25)10-8-16(21)2)9-11-22(23)31-15-24(29)28-20-7-5-4-6-19(20)26/h4-13,27H,3,14-15H2,1-2H3,(H,28,29). The van der Waals surface area contributed by atoms with E-state index in [-0.39, 0.29) is 12.3 Å². The van der Waals surface area contributed by atoms with Gasteiger partial charge in [-0.1, -0.05) is 35.9 Å². The third-order valence-corrected chi connectivity index (χ3v) is 4.73. The summed E-state index contributed by atoms with van der Waals surface area (Å²) < 4.78 is 25.0. The molecule has 0 aliphatic heterocycles. The molecule has 162 valence electrons. The molecule has 3 aromatic carbocycles. The number of aryl methyl sites for hydroxylation is 1. The number of nitrogens with one attached hydrogen (secondary N) is 2. The molecule has 0 aromatic heterocycles. The maximum absolute atomic E-state index is 13.7. The number of hydrogen-bond donors (Lipinski definition) is 2. The summed E-state index contributed by atoms with van der Waals surface area (Å²) in [4.78, 5) is 12.1. The molecule has 5 nitrogen and oxygen atoms in total. The third kappa shape index (κ3) is 6.36. The van der Waals surface area contributed by atoms with Crippen molar-refractivity contribution in [1.82, 2.24) is 0 Å². The molecule has 0 atom stereocenters. The highest BCUT2D eigenvalue weighted by molar-refractivity contribution is 6.30. The summed E-state index contributed by atoms with van der Waals surface area (Å²) in [5.74, 6) is 0.00361. The van der Waals surface area contributed by atoms with Crippen LogP contribution in [0.3, 0.4) is 0 Å². The van der Waals surface area contributed by atoms with Crippen LogP contribution < -0.4 is 20.1 Å². The van der Waals surface area contributed by atoms with Gasteiger partial charge in [0.2, 0.25) is 0 Å². The molecular weight excluding hydrogens is 419 g/mol. The van der Waals surface area contributed by atoms with Gasteiger partial charge in [0.25, 0.3) is 5.91 Å². The smallest absolute Gasteiger partial charge is 0.262 e. The van der Waals surface area contributed by atoms with E-state index in [1.807, 2.05) is 44.2 Å². The lowest BCUT2D eigenvalue weighted by Crippen LogP contribution is -2.21. The molecule has 2 N–H and O–H groups in total. The Bertz CT molecular complexity index is 1060. The molecule has 7 heteroatoms. The molecule has 0 spiro atoms. The van der Waals surface area contributed by atoms with Crippen LogP contribution in [0, 0.1) is 12.7 Å². The molecule has 0 fully saturated rings. The number of benzene rings is 3. The number of carbonyl (C=O) groups excluding carboxylic acids is 1. The zero-order chi connectivity index (χ0) is 22.2. The second-order valence-electron chi connectivity index (χ2n) is 6.84. The van der Waals surface area contributed by atoms with Crippen molar-refractivity contribution < 1.29 is 18.7 Å². The fourth-order valence-electron chi connectivity index (χ4n) is 2.92. The van der Waals surface area contributed by atoms with Crippen molar-refractivity contribution in [2.45, 2.75) is 20.4 Å². The first-order valence-electron chi connectivity index (χ1n) is 9.89. The monoisotopic (exact) mass is 442 g/mol. The molecular formula is C24H24ClFN2O3. The lowest BCUT2D eigenvalue weighted by Gasteiger charge is -2.15. The molecule has 0 heterocycles. The van der Waals surface area contributed by atoms with E-state index >= 15 is 0 Å². The van der Waals surface area contributed by atoms with Gasteiger partial charge in [-0.05, 0) is 61.4 Å². The molecule has 0 bridgehead atoms. The molecule has 0 aliphatic rings. The summed E-state index contributed by atoms with van der Waals surface area (Å²) in [5, 5.41) is 6.52. The number of rotatable bonds is 9. The Kier molecular flexibility index (Phi) is 7.73. The topological polar surface area (TPSA) is 59.6 Å². The van der Waals surface area contributed by atoms with Gasteiger partial charge in [-0.15, -0.1) is 0 Å². The van der Waals surface area contributed by atoms with Gasteiger partial charge >= 0.3 is 0 Å². The summed E-state index contributed by atoms with van der Waals surface area (Å²) in [6.45, 7) is 4.62. The number of amides is 1. The quantitative estimate of drug-likeness (QED) is 0.438. The summed E-state index contributed by atoms with van der Waals surface area (Å²) in [7, 11) is 0. The molecule has 3 aromatic rings. The normalized spacial score (nSPS) is 10.5. The van der Waals surface area contributed by atoms with Crippen molar-refractivity contribution in [3.63, 3.8) is 0 Å². The number of ether oxygens (including phenoxy) is 2. The Morgan fingerprint density at radius 1 is 1.00 bits per heavy atom. The van der Waals surface area contributed by atoms with E-state index in [1.165, 1.54) is 12.1 Å². The predicted molar refractivity (Wildman–Crippen MR) is 122 cm³/mol. The Morgan fingerprint density at radius 2 is 1.81 bits per heavy atom. The van der Waals surface area contributed by atoms with Crippen LogP contribution in [0.25, 0.3) is 0 Å². The first kappa shape index (κ1) is 22.4. The lowest BCUT2D eigenvalue weighted by molar-refractivity contribution is -0.118. The second-order valence-corrected chi connectivity index (χ2v) is 7.28. The van der Waals surface area contributed by atoms with Crippen molar-refractivity contribution in [2.24, 2.45) is 0 Å². The van der Waals surface area contributed by atoms with Gasteiger partial charge in [0.1, 0.15) is 5.82 Å². The Hall–Kier alpha value is -3.25. The van der Waals surface area contributed by atoms with Crippen molar-refractivity contribution in [3.8, 4) is 11.5 Å². The number of para-hydroxylation sites is 1. The zero-order valence-corrected chi connectivity index (χ0v) is 18.1. The third-order valence-electron chi connectivity index (χ3n) is 4.50. The summed E-state index contributed by atoms with van der Waals surface area (Å²) in [6, 6.07) is 17.2. The van der Waals surface area contributed by atoms with Crippen molar-refractivity contribution in [1.29, 1.82) is 0 Å². The Labute approximate surface area is 186 Å². The fourth-order valence-corrected chi connectivity index (χ4v) is 3.10. The lowest BCUT2D eigenvalue weighted by atomic mass is 10.1. The molecule has 0 aliphatic carbocycles. The van der Waals surface area contributed by atoms with Crippen LogP contribution in [0.1, 0.15) is 18.1 Å². The van der Waals surface area contributed by atoms with Gasteiger partial charge < -0.3 is 20.1 Å². The van der Waals surface area contributed by atoms with E-state index in [9.17, 15) is 9.18 Å². The van der Waals surface area contributed by atoms with Crippen LogP contribution in [-0.2, 0) is 11.3 Å². The van der Waals surface area contributed by atoms with E-state index in [2.05, 4.69) is 10.6 Å². The van der Waals surface area contributed by atoms with Gasteiger partial charge in [-0.25, -0.2) is 4.39 Å². The van der Waals surface area contributed by atoms with Crippen LogP contribution in [0.2, 0.25) is 5.02 Å². The molecule has 0 saturated carbocycles. The minimum Gasteiger partial charge on any atom is -0.490 e. The highest BCUT2D eigenvalue weighted by atomic mass is 35.5. The molecule has 3 rings (SSSR count). The van der Waals surface area contributed by atoms with Crippen molar-refractivity contribution >= 4 is 28.9 Å². The van der Waals surface area contributed by atoms with E-state index in [1.54, 1.807) is 18.2 Å². The SMILES string of the molecule is CCOc1cc(CNc2cc(Cl)ccc2C)ccc1OCC(=O)Nc1ccccc1F. The zero-order valence-electron chi connectivity index (χ0n) is 17.4. The maximum Gasteiger partial charge on any atom is 0.262 e. The number of anilines is 2. The van der Waals surface area contributed by atoms with Gasteiger partial charge in [0.15, 0.2) is 18.1 Å². The van der Waals surface area contributed by atoms with Gasteiger partial charge in [0, 0.05) is 17.3 Å². The first-order chi connectivity index (χ1) is 15.0. The van der Waals surface area contributed by atoms with Crippen LogP contribution in [0.15, 0.2) is 60.7 Å². The van der Waals surface area contributed by atoms with E-state index in [4.69, 9.17) is 21.1 Å². The van der Waals surface area contributed by atoms with Crippen LogP contribution in [-0.4, -0.2) is 19.1 Å². The molecule has 31 heavy (non-hydrogen) atoms. The molecule has 1 amide bonds. The highest BCUT2D eigenvalue weighted by Crippen LogP contribution is 2.29. The second kappa shape index (κ2) is 10.7. The van der Waals surface area contributed by atoms with Crippen LogP contribution >= 0.6 is 11.6 Å². The van der Waals surface area contributed by atoms with Crippen LogP contribution in [0.5, 0.6) is 11.5 Å². The molecule has 0 radical (unpaired) electrons. The largest absolute Gasteiger partial charge is 0.490 e. The predicted octanol–water partition coefficient (Wildman–Crippen LogP) is 5.82. The highest BCUT2D eigenvalue weighted by Gasteiger charge is 2.11. The van der Waals surface area contributed by atoms with E-state index in [0.29, 0.717) is 29.7 Å². The van der Waals surface area contributed by atoms with Crippen molar-refractivity contribution in [2.75, 3.05) is 23.8 Å². The summed E-state index contributed by atoms with van der Waals surface area (Å²) >= 11 is 6.08. The minimum atomic E-state index is -0.502. The fraction of sp³-hybridized carbons (Fsp3) is 0.208. The maximum atomic E-state index is 13.7. The van der Waals surface area contributed by atoms with Crippen molar-refractivity contribution in [3.05, 3.63) is 82.6 Å².